The first-order valence-electron chi connectivity index (χ1n) is 6.49. The van der Waals surface area contributed by atoms with Gasteiger partial charge in [-0.3, -0.25) is 4.79 Å². The molecule has 1 aromatic carbocycles. The summed E-state index contributed by atoms with van der Waals surface area (Å²) in [4.78, 5) is 11.5. The van der Waals surface area contributed by atoms with Crippen LogP contribution in [-0.4, -0.2) is 19.1 Å². The second-order valence-electron chi connectivity index (χ2n) is 4.46. The number of amides is 1. The summed E-state index contributed by atoms with van der Waals surface area (Å²) < 4.78 is 5.50. The predicted octanol–water partition coefficient (Wildman–Crippen LogP) is 2.65. The van der Waals surface area contributed by atoms with Gasteiger partial charge in [0, 0.05) is 23.2 Å². The van der Waals surface area contributed by atoms with Crippen molar-refractivity contribution < 1.29 is 9.53 Å². The Morgan fingerprint density at radius 2 is 2.26 bits per heavy atom. The van der Waals surface area contributed by atoms with Gasteiger partial charge in [0.05, 0.1) is 0 Å². The Morgan fingerprint density at radius 1 is 1.53 bits per heavy atom. The van der Waals surface area contributed by atoms with E-state index in [9.17, 15) is 4.79 Å². The highest BCUT2D eigenvalue weighted by atomic mass is 35.5. The van der Waals surface area contributed by atoms with Gasteiger partial charge in [-0.05, 0) is 31.5 Å². The smallest absolute Gasteiger partial charge is 0.257 e. The van der Waals surface area contributed by atoms with Crippen molar-refractivity contribution in [2.45, 2.75) is 32.7 Å². The number of halogens is 1. The largest absolute Gasteiger partial charge is 0.483 e. The number of benzene rings is 1. The van der Waals surface area contributed by atoms with Crippen LogP contribution in [0.3, 0.4) is 0 Å². The maximum absolute atomic E-state index is 11.5. The van der Waals surface area contributed by atoms with Crippen LogP contribution in [0.2, 0.25) is 5.02 Å². The van der Waals surface area contributed by atoms with E-state index >= 15 is 0 Å². The Kier molecular flexibility index (Phi) is 6.67. The van der Waals surface area contributed by atoms with Crippen LogP contribution < -0.4 is 15.8 Å². The summed E-state index contributed by atoms with van der Waals surface area (Å²) in [5, 5.41) is 3.40. The molecule has 0 aromatic heterocycles. The van der Waals surface area contributed by atoms with Crippen LogP contribution in [0, 0.1) is 0 Å². The number of rotatable bonds is 7. The topological polar surface area (TPSA) is 64.3 Å². The van der Waals surface area contributed by atoms with E-state index in [1.165, 1.54) is 0 Å². The molecule has 0 aliphatic heterocycles. The van der Waals surface area contributed by atoms with Crippen molar-refractivity contribution in [3.8, 4) is 5.75 Å². The van der Waals surface area contributed by atoms with E-state index in [2.05, 4.69) is 12.2 Å². The highest BCUT2D eigenvalue weighted by molar-refractivity contribution is 6.30. The lowest BCUT2D eigenvalue weighted by atomic mass is 10.1. The monoisotopic (exact) mass is 284 g/mol. The van der Waals surface area contributed by atoms with E-state index in [-0.39, 0.29) is 18.6 Å². The molecule has 1 rings (SSSR count). The van der Waals surface area contributed by atoms with Crippen LogP contribution in [0.25, 0.3) is 0 Å². The van der Waals surface area contributed by atoms with E-state index in [4.69, 9.17) is 22.1 Å². The molecule has 0 radical (unpaired) electrons. The Bertz CT molecular complexity index is 422. The summed E-state index contributed by atoms with van der Waals surface area (Å²) in [6.07, 6.45) is 2.02. The minimum atomic E-state index is -0.197. The van der Waals surface area contributed by atoms with Gasteiger partial charge in [0.1, 0.15) is 5.75 Å². The molecule has 1 aromatic rings. The average molecular weight is 285 g/mol. The summed E-state index contributed by atoms with van der Waals surface area (Å²) in [5.41, 5.74) is 6.65. The van der Waals surface area contributed by atoms with Crippen molar-refractivity contribution in [2.75, 3.05) is 13.2 Å². The maximum Gasteiger partial charge on any atom is 0.257 e. The number of nitrogens with two attached hydrogens (primary N) is 1. The van der Waals surface area contributed by atoms with Gasteiger partial charge in [0.25, 0.3) is 5.91 Å². The first-order chi connectivity index (χ1) is 9.04. The molecule has 0 aliphatic rings. The molecule has 0 spiro atoms. The fourth-order valence-electron chi connectivity index (χ4n) is 1.61. The molecule has 19 heavy (non-hydrogen) atoms. The van der Waals surface area contributed by atoms with Crippen molar-refractivity contribution in [2.24, 2.45) is 5.73 Å². The Balaban J connectivity index is 2.55. The van der Waals surface area contributed by atoms with Crippen LogP contribution in [0.15, 0.2) is 18.2 Å². The van der Waals surface area contributed by atoms with Gasteiger partial charge >= 0.3 is 0 Å². The zero-order chi connectivity index (χ0) is 14.3. The van der Waals surface area contributed by atoms with E-state index in [0.717, 1.165) is 18.4 Å². The van der Waals surface area contributed by atoms with Crippen molar-refractivity contribution in [3.63, 3.8) is 0 Å². The number of ether oxygens (including phenoxy) is 1. The summed E-state index contributed by atoms with van der Waals surface area (Å²) in [5.74, 6) is 0.476. The summed E-state index contributed by atoms with van der Waals surface area (Å²) in [7, 11) is 0. The molecule has 0 bridgehead atoms. The maximum atomic E-state index is 11.5. The third kappa shape index (κ3) is 5.49. The standard InChI is InChI=1S/C14H21ClN2O2/c1-3-4-7-17-14(18)9-19-13-6-5-11(15)8-12(13)10(2)16/h5-6,8,10H,3-4,7,9,16H2,1-2H3,(H,17,18)/t10-/m1/s1. The minimum absolute atomic E-state index is 0.00886. The van der Waals surface area contributed by atoms with Gasteiger partial charge < -0.3 is 15.8 Å². The number of hydrogen-bond acceptors (Lipinski definition) is 3. The second kappa shape index (κ2) is 8.02. The van der Waals surface area contributed by atoms with E-state index in [1.54, 1.807) is 18.2 Å². The molecule has 0 saturated carbocycles. The van der Waals surface area contributed by atoms with Crippen LogP contribution in [0.5, 0.6) is 5.75 Å². The lowest BCUT2D eigenvalue weighted by Crippen LogP contribution is -2.29. The fourth-order valence-corrected chi connectivity index (χ4v) is 1.79. The molecular formula is C14H21ClN2O2. The van der Waals surface area contributed by atoms with Gasteiger partial charge in [-0.25, -0.2) is 0 Å². The third-order valence-electron chi connectivity index (χ3n) is 2.67. The minimum Gasteiger partial charge on any atom is -0.483 e. The quantitative estimate of drug-likeness (QED) is 0.757. The highest BCUT2D eigenvalue weighted by Gasteiger charge is 2.10. The van der Waals surface area contributed by atoms with Crippen LogP contribution in [-0.2, 0) is 4.79 Å². The van der Waals surface area contributed by atoms with Crippen LogP contribution >= 0.6 is 11.6 Å². The molecular weight excluding hydrogens is 264 g/mol. The molecule has 0 heterocycles. The molecule has 0 saturated heterocycles. The molecule has 5 heteroatoms. The Labute approximate surface area is 119 Å². The van der Waals surface area contributed by atoms with Gasteiger partial charge in [-0.15, -0.1) is 0 Å². The number of unbranched alkanes of at least 4 members (excludes halogenated alkanes) is 1. The van der Waals surface area contributed by atoms with Gasteiger partial charge in [-0.1, -0.05) is 24.9 Å². The molecule has 1 amide bonds. The van der Waals surface area contributed by atoms with E-state index < -0.39 is 0 Å². The molecule has 0 fully saturated rings. The van der Waals surface area contributed by atoms with Crippen molar-refractivity contribution in [1.82, 2.24) is 5.32 Å². The Morgan fingerprint density at radius 3 is 2.89 bits per heavy atom. The van der Waals surface area contributed by atoms with Crippen LogP contribution in [0.1, 0.15) is 38.3 Å². The van der Waals surface area contributed by atoms with Crippen LogP contribution in [0.4, 0.5) is 0 Å². The number of nitrogens with one attached hydrogen (secondary N) is 1. The lowest BCUT2D eigenvalue weighted by molar-refractivity contribution is -0.123. The molecule has 0 aliphatic carbocycles. The summed E-state index contributed by atoms with van der Waals surface area (Å²) >= 11 is 5.92. The fraction of sp³-hybridized carbons (Fsp3) is 0.500. The molecule has 1 atom stereocenters. The third-order valence-corrected chi connectivity index (χ3v) is 2.91. The summed E-state index contributed by atoms with van der Waals surface area (Å²) in [6, 6.07) is 5.02. The SMILES string of the molecule is CCCCNC(=O)COc1ccc(Cl)cc1[C@@H](C)N. The number of carbonyl (C=O) groups excluding carboxylic acids is 1. The molecule has 3 N–H and O–H groups in total. The first kappa shape index (κ1) is 15.8. The number of carbonyl (C=O) groups is 1. The average Bonchev–Trinajstić information content (AvgIpc) is 2.37. The summed E-state index contributed by atoms with van der Waals surface area (Å²) in [6.45, 7) is 4.59. The van der Waals surface area contributed by atoms with Crippen molar-refractivity contribution in [1.29, 1.82) is 0 Å². The predicted molar refractivity (Wildman–Crippen MR) is 77.5 cm³/mol. The molecule has 106 valence electrons. The zero-order valence-electron chi connectivity index (χ0n) is 11.4. The first-order valence-corrected chi connectivity index (χ1v) is 6.87. The van der Waals surface area contributed by atoms with Gasteiger partial charge in [-0.2, -0.15) is 0 Å². The molecule has 0 unspecified atom stereocenters. The van der Waals surface area contributed by atoms with Gasteiger partial charge in [0.2, 0.25) is 0 Å². The van der Waals surface area contributed by atoms with Crippen molar-refractivity contribution in [3.05, 3.63) is 28.8 Å². The number of hydrogen-bond donors (Lipinski definition) is 2. The van der Waals surface area contributed by atoms with E-state index in [1.807, 2.05) is 6.92 Å². The zero-order valence-corrected chi connectivity index (χ0v) is 12.2. The van der Waals surface area contributed by atoms with Crippen molar-refractivity contribution >= 4 is 17.5 Å². The highest BCUT2D eigenvalue weighted by Crippen LogP contribution is 2.27. The van der Waals surface area contributed by atoms with Gasteiger partial charge in [0.15, 0.2) is 6.61 Å². The van der Waals surface area contributed by atoms with E-state index in [0.29, 0.717) is 17.3 Å². The molecule has 4 nitrogen and oxygen atoms in total. The Hall–Kier alpha value is -1.26. The lowest BCUT2D eigenvalue weighted by Gasteiger charge is -2.14. The normalized spacial score (nSPS) is 12.0. The second-order valence-corrected chi connectivity index (χ2v) is 4.90.